The molecule has 0 bridgehead atoms. The van der Waals surface area contributed by atoms with Crippen LogP contribution in [0.3, 0.4) is 0 Å². The van der Waals surface area contributed by atoms with Crippen molar-refractivity contribution in [2.75, 3.05) is 6.26 Å². The van der Waals surface area contributed by atoms with Crippen molar-refractivity contribution in [1.29, 1.82) is 0 Å². The predicted molar refractivity (Wildman–Crippen MR) is 87.1 cm³/mol. The van der Waals surface area contributed by atoms with Gasteiger partial charge in [-0.2, -0.15) is 0 Å². The second-order valence-corrected chi connectivity index (χ2v) is 7.37. The van der Waals surface area contributed by atoms with E-state index in [1.54, 1.807) is 36.8 Å². The lowest BCUT2D eigenvalue weighted by Crippen LogP contribution is -1.98. The van der Waals surface area contributed by atoms with E-state index >= 15 is 0 Å². The third kappa shape index (κ3) is 2.91. The van der Waals surface area contributed by atoms with Crippen LogP contribution in [0.15, 0.2) is 66.0 Å². The fourth-order valence-electron chi connectivity index (χ4n) is 2.19. The van der Waals surface area contributed by atoms with Crippen molar-refractivity contribution in [3.8, 4) is 16.9 Å². The minimum atomic E-state index is -3.19. The number of nitrogens with zero attached hydrogens (tertiary/aromatic N) is 2. The molecule has 0 N–H and O–H groups in total. The number of aromatic nitrogens is 2. The zero-order valence-electron chi connectivity index (χ0n) is 11.8. The molecule has 0 aliphatic heterocycles. The van der Waals surface area contributed by atoms with Gasteiger partial charge in [-0.05, 0) is 36.4 Å². The third-order valence-electron chi connectivity index (χ3n) is 3.32. The SMILES string of the molecule is CS(=O)(=O)c1ccc(-c2cncn2-c2ccc(Cl)cc2)cc1. The first-order valence-electron chi connectivity index (χ1n) is 6.54. The highest BCUT2D eigenvalue weighted by Gasteiger charge is 2.10. The fraction of sp³-hybridized carbons (Fsp3) is 0.0625. The lowest BCUT2D eigenvalue weighted by atomic mass is 10.1. The van der Waals surface area contributed by atoms with Crippen molar-refractivity contribution in [2.24, 2.45) is 0 Å². The highest BCUT2D eigenvalue weighted by atomic mass is 35.5. The highest BCUT2D eigenvalue weighted by molar-refractivity contribution is 7.90. The summed E-state index contributed by atoms with van der Waals surface area (Å²) in [4.78, 5) is 4.48. The lowest BCUT2D eigenvalue weighted by molar-refractivity contribution is 0.602. The van der Waals surface area contributed by atoms with Crippen LogP contribution in [-0.2, 0) is 9.84 Å². The average molecular weight is 333 g/mol. The van der Waals surface area contributed by atoms with Crippen molar-refractivity contribution >= 4 is 21.4 Å². The molecule has 3 rings (SSSR count). The van der Waals surface area contributed by atoms with Gasteiger partial charge in [0.1, 0.15) is 0 Å². The Bertz CT molecular complexity index is 898. The van der Waals surface area contributed by atoms with E-state index in [1.165, 1.54) is 6.26 Å². The Labute approximate surface area is 133 Å². The Morgan fingerprint density at radius 1 is 1.00 bits per heavy atom. The average Bonchev–Trinajstić information content (AvgIpc) is 2.97. The Morgan fingerprint density at radius 2 is 1.64 bits per heavy atom. The summed E-state index contributed by atoms with van der Waals surface area (Å²) in [5, 5.41) is 0.669. The second kappa shape index (κ2) is 5.59. The first kappa shape index (κ1) is 14.8. The van der Waals surface area contributed by atoms with Crippen LogP contribution in [0.4, 0.5) is 0 Å². The lowest BCUT2D eigenvalue weighted by Gasteiger charge is -2.09. The Morgan fingerprint density at radius 3 is 2.23 bits per heavy atom. The minimum Gasteiger partial charge on any atom is -0.299 e. The van der Waals surface area contributed by atoms with Crippen LogP contribution in [-0.4, -0.2) is 24.2 Å². The van der Waals surface area contributed by atoms with E-state index in [9.17, 15) is 8.42 Å². The van der Waals surface area contributed by atoms with Gasteiger partial charge in [-0.3, -0.25) is 4.57 Å². The molecule has 112 valence electrons. The van der Waals surface area contributed by atoms with Crippen molar-refractivity contribution < 1.29 is 8.42 Å². The van der Waals surface area contributed by atoms with Gasteiger partial charge in [0.05, 0.1) is 23.1 Å². The molecule has 6 heteroatoms. The molecular formula is C16H13ClN2O2S. The summed E-state index contributed by atoms with van der Waals surface area (Å²) in [7, 11) is -3.19. The van der Waals surface area contributed by atoms with Gasteiger partial charge in [0.15, 0.2) is 9.84 Å². The molecule has 3 aromatic rings. The molecular weight excluding hydrogens is 320 g/mol. The van der Waals surface area contributed by atoms with Crippen molar-refractivity contribution in [3.63, 3.8) is 0 Å². The zero-order valence-corrected chi connectivity index (χ0v) is 13.3. The first-order valence-corrected chi connectivity index (χ1v) is 8.81. The van der Waals surface area contributed by atoms with Crippen LogP contribution in [0.2, 0.25) is 5.02 Å². The largest absolute Gasteiger partial charge is 0.299 e. The molecule has 0 atom stereocenters. The Balaban J connectivity index is 2.03. The summed E-state index contributed by atoms with van der Waals surface area (Å²) < 4.78 is 25.0. The molecule has 0 saturated carbocycles. The number of benzene rings is 2. The van der Waals surface area contributed by atoms with Crippen LogP contribution >= 0.6 is 11.6 Å². The summed E-state index contributed by atoms with van der Waals surface area (Å²) >= 11 is 5.91. The van der Waals surface area contributed by atoms with Gasteiger partial charge in [-0.15, -0.1) is 0 Å². The molecule has 2 aromatic carbocycles. The number of halogens is 1. The van der Waals surface area contributed by atoms with E-state index in [0.29, 0.717) is 9.92 Å². The zero-order chi connectivity index (χ0) is 15.7. The van der Waals surface area contributed by atoms with Crippen LogP contribution in [0.25, 0.3) is 16.9 Å². The van der Waals surface area contributed by atoms with E-state index in [2.05, 4.69) is 4.98 Å². The van der Waals surface area contributed by atoms with Crippen LogP contribution in [0, 0.1) is 0 Å². The Hall–Kier alpha value is -2.11. The maximum Gasteiger partial charge on any atom is 0.175 e. The van der Waals surface area contributed by atoms with E-state index < -0.39 is 9.84 Å². The van der Waals surface area contributed by atoms with Crippen molar-refractivity contribution in [3.05, 3.63) is 66.1 Å². The number of sulfone groups is 1. The molecule has 0 aliphatic carbocycles. The summed E-state index contributed by atoms with van der Waals surface area (Å²) in [5.41, 5.74) is 2.70. The van der Waals surface area contributed by atoms with E-state index in [0.717, 1.165) is 16.9 Å². The van der Waals surface area contributed by atoms with Gasteiger partial charge >= 0.3 is 0 Å². The second-order valence-electron chi connectivity index (χ2n) is 4.92. The monoisotopic (exact) mass is 332 g/mol. The van der Waals surface area contributed by atoms with Crippen LogP contribution in [0.5, 0.6) is 0 Å². The number of hydrogen-bond donors (Lipinski definition) is 0. The van der Waals surface area contributed by atoms with E-state index in [1.807, 2.05) is 28.8 Å². The minimum absolute atomic E-state index is 0.300. The maximum absolute atomic E-state index is 11.5. The highest BCUT2D eigenvalue weighted by Crippen LogP contribution is 2.24. The third-order valence-corrected chi connectivity index (χ3v) is 4.70. The number of rotatable bonds is 3. The van der Waals surface area contributed by atoms with Crippen molar-refractivity contribution in [1.82, 2.24) is 9.55 Å². The fourth-order valence-corrected chi connectivity index (χ4v) is 2.95. The molecule has 0 saturated heterocycles. The van der Waals surface area contributed by atoms with Gasteiger partial charge in [-0.25, -0.2) is 13.4 Å². The van der Waals surface area contributed by atoms with Crippen LogP contribution in [0.1, 0.15) is 0 Å². The smallest absolute Gasteiger partial charge is 0.175 e. The molecule has 0 radical (unpaired) electrons. The molecule has 0 fully saturated rings. The van der Waals surface area contributed by atoms with Gasteiger partial charge < -0.3 is 0 Å². The van der Waals surface area contributed by atoms with Gasteiger partial charge in [0.2, 0.25) is 0 Å². The van der Waals surface area contributed by atoms with Crippen molar-refractivity contribution in [2.45, 2.75) is 4.90 Å². The molecule has 1 aromatic heterocycles. The molecule has 0 aliphatic rings. The standard InChI is InChI=1S/C16H13ClN2O2S/c1-22(20,21)15-8-2-12(3-9-15)16-10-18-11-19(16)14-6-4-13(17)5-7-14/h2-11H,1H3. The summed E-state index contributed by atoms with van der Waals surface area (Å²) in [5.74, 6) is 0. The molecule has 0 unspecified atom stereocenters. The maximum atomic E-state index is 11.5. The summed E-state index contributed by atoms with van der Waals surface area (Å²) in [6, 6.07) is 14.2. The molecule has 0 spiro atoms. The van der Waals surface area contributed by atoms with Gasteiger partial charge in [-0.1, -0.05) is 23.7 Å². The molecule has 1 heterocycles. The van der Waals surface area contributed by atoms with Gasteiger partial charge in [0, 0.05) is 22.5 Å². The summed E-state index contributed by atoms with van der Waals surface area (Å²) in [6.07, 6.45) is 4.65. The van der Waals surface area contributed by atoms with E-state index in [-0.39, 0.29) is 0 Å². The first-order chi connectivity index (χ1) is 10.4. The summed E-state index contributed by atoms with van der Waals surface area (Å²) in [6.45, 7) is 0. The molecule has 4 nitrogen and oxygen atoms in total. The normalized spacial score (nSPS) is 11.5. The van der Waals surface area contributed by atoms with E-state index in [4.69, 9.17) is 11.6 Å². The topological polar surface area (TPSA) is 52.0 Å². The predicted octanol–water partition coefficient (Wildman–Crippen LogP) is 3.60. The molecule has 22 heavy (non-hydrogen) atoms. The number of hydrogen-bond acceptors (Lipinski definition) is 3. The van der Waals surface area contributed by atoms with Crippen LogP contribution < -0.4 is 0 Å². The number of imidazole rings is 1. The Kier molecular flexibility index (Phi) is 3.76. The quantitative estimate of drug-likeness (QED) is 0.736. The van der Waals surface area contributed by atoms with Gasteiger partial charge in [0.25, 0.3) is 0 Å². The molecule has 0 amide bonds.